The Morgan fingerprint density at radius 3 is 0.222 bits per heavy atom. The summed E-state index contributed by atoms with van der Waals surface area (Å²) in [5.74, 6) is -9.75. The Morgan fingerprint density at radius 1 is 0.222 bits per heavy atom. The van der Waals surface area contributed by atoms with Gasteiger partial charge in [-0.05, 0) is 62.3 Å². The fraction of sp³-hybridized carbons (Fsp3) is 0.500. The van der Waals surface area contributed by atoms with Gasteiger partial charge in [-0.15, -0.1) is 0 Å². The van der Waals surface area contributed by atoms with Crippen molar-refractivity contribution >= 4 is 53.7 Å². The third kappa shape index (κ3) is 1020. The van der Waals surface area contributed by atoms with Gasteiger partial charge in [-0.3, -0.25) is 0 Å². The Bertz CT molecular complexity index is 414. The monoisotopic (exact) mass is 531 g/mol. The van der Waals surface area contributed by atoms with Crippen LogP contribution >= 0.6 is 0 Å². The van der Waals surface area contributed by atoms with Gasteiger partial charge in [0.1, 0.15) is 0 Å². The molecule has 0 saturated carbocycles. The largest absolute Gasteiger partial charge is 0.550 e. The highest BCUT2D eigenvalue weighted by atomic mass is 16.4. The van der Waals surface area contributed by atoms with E-state index in [0.717, 1.165) is 62.3 Å². The lowest BCUT2D eigenvalue weighted by molar-refractivity contribution is -0.303. The molecule has 0 aliphatic carbocycles. The van der Waals surface area contributed by atoms with Gasteiger partial charge in [-0.1, -0.05) is 0 Å². The number of hydrogen-bond donors (Lipinski definition) is 0. The topological polar surface area (TPSA) is 361 Å². The van der Waals surface area contributed by atoms with E-state index in [2.05, 4.69) is 0 Å². The quantitative estimate of drug-likeness (QED) is 0.280. The molecule has 0 aromatic rings. The molecule has 18 nitrogen and oxygen atoms in total. The summed E-state index contributed by atoms with van der Waals surface area (Å²) in [4.78, 5) is 80.0. The van der Waals surface area contributed by atoms with E-state index in [1.54, 1.807) is 0 Å². The Morgan fingerprint density at radius 2 is 0.222 bits per heavy atom. The SMILES string of the molecule is CC(=O)[O-].CC(=O)[O-].CC(=O)[O-].CC(=O)[O-].CC(=O)[O-].CC(=O)[O-].CC(=O)[O-].CC(=O)[O-].CC(=O)[O-]. The second-order valence-electron chi connectivity index (χ2n) is 4.42. The Hall–Kier alpha value is -4.77. The summed E-state index contributed by atoms with van der Waals surface area (Å²) in [6, 6.07) is 0. The number of hydrogen-bond acceptors (Lipinski definition) is 18. The minimum Gasteiger partial charge on any atom is -0.550 e. The molecular weight excluding hydrogens is 504 g/mol. The van der Waals surface area contributed by atoms with E-state index >= 15 is 0 Å². The summed E-state index contributed by atoms with van der Waals surface area (Å²) < 4.78 is 0. The highest BCUT2D eigenvalue weighted by molar-refractivity contribution is 5.62. The number of aliphatic carboxylic acids is 9. The summed E-state index contributed by atoms with van der Waals surface area (Å²) in [7, 11) is 0. The molecule has 0 amide bonds. The van der Waals surface area contributed by atoms with Crippen molar-refractivity contribution in [2.24, 2.45) is 0 Å². The summed E-state index contributed by atoms with van der Waals surface area (Å²) in [5, 5.41) is 80.0. The molecule has 0 radical (unpaired) electrons. The summed E-state index contributed by atoms with van der Waals surface area (Å²) >= 11 is 0. The molecule has 0 aromatic carbocycles. The average molecular weight is 531 g/mol. The second kappa shape index (κ2) is 52.3. The third-order valence-corrected chi connectivity index (χ3v) is 0. The van der Waals surface area contributed by atoms with Crippen LogP contribution in [0.1, 0.15) is 62.3 Å². The highest BCUT2D eigenvalue weighted by Crippen LogP contribution is 1.33. The van der Waals surface area contributed by atoms with Gasteiger partial charge >= 0.3 is 0 Å². The van der Waals surface area contributed by atoms with Crippen molar-refractivity contribution in [2.45, 2.75) is 62.3 Å². The van der Waals surface area contributed by atoms with Crippen molar-refractivity contribution in [3.63, 3.8) is 0 Å². The van der Waals surface area contributed by atoms with Crippen molar-refractivity contribution in [1.82, 2.24) is 0 Å². The van der Waals surface area contributed by atoms with Crippen LogP contribution in [-0.4, -0.2) is 53.7 Å². The van der Waals surface area contributed by atoms with Crippen molar-refractivity contribution in [3.8, 4) is 0 Å². The van der Waals surface area contributed by atoms with E-state index in [1.165, 1.54) is 0 Å². The highest BCUT2D eigenvalue weighted by Gasteiger charge is 1.49. The van der Waals surface area contributed by atoms with Gasteiger partial charge < -0.3 is 89.1 Å². The van der Waals surface area contributed by atoms with E-state index in [-0.39, 0.29) is 0 Å². The lowest BCUT2D eigenvalue weighted by Crippen LogP contribution is -2.16. The van der Waals surface area contributed by atoms with E-state index in [9.17, 15) is 0 Å². The van der Waals surface area contributed by atoms with Crippen LogP contribution in [0.5, 0.6) is 0 Å². The van der Waals surface area contributed by atoms with Crippen LogP contribution in [0.25, 0.3) is 0 Å². The first kappa shape index (κ1) is 57.8. The summed E-state index contributed by atoms with van der Waals surface area (Å²) in [6.07, 6.45) is 0. The number of carboxylic acid groups (broad SMARTS) is 9. The molecule has 0 fully saturated rings. The zero-order valence-corrected chi connectivity index (χ0v) is 20.8. The molecule has 36 heavy (non-hydrogen) atoms. The van der Waals surface area contributed by atoms with Gasteiger partial charge in [0.25, 0.3) is 0 Å². The second-order valence-corrected chi connectivity index (χ2v) is 4.42. The summed E-state index contributed by atoms with van der Waals surface area (Å²) in [5.41, 5.74) is 0. The predicted molar refractivity (Wildman–Crippen MR) is 96.1 cm³/mol. The molecule has 0 spiro atoms. The van der Waals surface area contributed by atoms with Crippen molar-refractivity contribution < 1.29 is 89.1 Å². The molecule has 0 aliphatic rings. The van der Waals surface area contributed by atoms with E-state index < -0.39 is 53.7 Å². The maximum atomic E-state index is 8.89. The van der Waals surface area contributed by atoms with Crippen molar-refractivity contribution in [3.05, 3.63) is 0 Å². The Labute approximate surface area is 206 Å². The molecule has 0 aliphatic heterocycles. The molecule has 0 unspecified atom stereocenters. The van der Waals surface area contributed by atoms with E-state index in [1.807, 2.05) is 0 Å². The molecule has 0 saturated heterocycles. The van der Waals surface area contributed by atoms with Crippen molar-refractivity contribution in [1.29, 1.82) is 0 Å². The van der Waals surface area contributed by atoms with Gasteiger partial charge in [0.2, 0.25) is 0 Å². The number of carbonyl (C=O) groups excluding carboxylic acids is 9. The smallest absolute Gasteiger partial charge is 0.0383 e. The minimum atomic E-state index is -1.08. The van der Waals surface area contributed by atoms with Crippen LogP contribution in [0.4, 0.5) is 0 Å². The first-order valence-electron chi connectivity index (χ1n) is 8.17. The van der Waals surface area contributed by atoms with Gasteiger partial charge in [-0.25, -0.2) is 0 Å². The molecule has 0 bridgehead atoms. The number of rotatable bonds is 0. The number of carboxylic acids is 9. The molecule has 18 heteroatoms. The van der Waals surface area contributed by atoms with Crippen LogP contribution in [0.15, 0.2) is 0 Å². The molecule has 0 rings (SSSR count). The zero-order chi connectivity index (χ0) is 32.2. The van der Waals surface area contributed by atoms with Crippen LogP contribution < -0.4 is 46.0 Å². The fourth-order valence-electron chi connectivity index (χ4n) is 0. The molecular formula is C18H27O18-9. The first-order valence-corrected chi connectivity index (χ1v) is 8.17. The average Bonchev–Trinajstić information content (AvgIpc) is 2.39. The molecule has 216 valence electrons. The normalized spacial score (nSPS) is 6.25. The van der Waals surface area contributed by atoms with E-state index in [4.69, 9.17) is 89.1 Å². The fourth-order valence-corrected chi connectivity index (χ4v) is 0. The maximum absolute atomic E-state index is 8.89. The Balaban J connectivity index is -0.0000000325. The van der Waals surface area contributed by atoms with Crippen LogP contribution in [-0.2, 0) is 43.2 Å². The third-order valence-electron chi connectivity index (χ3n) is 0. The van der Waals surface area contributed by atoms with Gasteiger partial charge in [-0.2, -0.15) is 0 Å². The van der Waals surface area contributed by atoms with Crippen LogP contribution in [0.2, 0.25) is 0 Å². The summed E-state index contributed by atoms with van der Waals surface area (Å²) in [6.45, 7) is 8.75. The van der Waals surface area contributed by atoms with Gasteiger partial charge in [0, 0.05) is 53.7 Å². The molecule has 0 aromatic heterocycles. The van der Waals surface area contributed by atoms with Crippen molar-refractivity contribution in [2.75, 3.05) is 0 Å². The number of carbonyl (C=O) groups is 9. The maximum Gasteiger partial charge on any atom is 0.0383 e. The molecule has 0 atom stereocenters. The first-order chi connectivity index (χ1) is 15.6. The lowest BCUT2D eigenvalue weighted by atomic mass is 10.9. The van der Waals surface area contributed by atoms with Gasteiger partial charge in [0.15, 0.2) is 0 Å². The predicted octanol–water partition coefficient (Wildman–Crippen LogP) is -11.2. The van der Waals surface area contributed by atoms with Crippen LogP contribution in [0.3, 0.4) is 0 Å². The Kier molecular flexibility index (Phi) is 83.8. The minimum absolute atomic E-state index is 0.972. The van der Waals surface area contributed by atoms with E-state index in [0.29, 0.717) is 0 Å². The van der Waals surface area contributed by atoms with Gasteiger partial charge in [0.05, 0.1) is 0 Å². The molecule has 0 N–H and O–H groups in total. The standard InChI is InChI=1S/9C2H4O2/c9*1-2(3)4/h9*1H3,(H,3,4)/p-9. The zero-order valence-electron chi connectivity index (χ0n) is 20.8. The lowest BCUT2D eigenvalue weighted by Gasteiger charge is -1.77. The molecule has 0 heterocycles. The van der Waals surface area contributed by atoms with Crippen LogP contribution in [0, 0.1) is 0 Å².